The van der Waals surface area contributed by atoms with Gasteiger partial charge in [0, 0.05) is 24.6 Å². The average molecular weight is 466 g/mol. The molecule has 2 aromatic rings. The lowest BCUT2D eigenvalue weighted by molar-refractivity contribution is -0.137. The van der Waals surface area contributed by atoms with Gasteiger partial charge >= 0.3 is 12.2 Å². The predicted molar refractivity (Wildman–Crippen MR) is 114 cm³/mol. The SMILES string of the molecule is O=C(NCC[C@H]1CC[C@H](NC(=O)c2cccnc2)[C@@H](CO)O1)Nc1ccc(C(F)(F)F)cc1. The summed E-state index contributed by atoms with van der Waals surface area (Å²) in [6, 6.07) is 6.54. The number of carbonyl (C=O) groups is 2. The number of nitrogens with zero attached hydrogens (tertiary/aromatic N) is 1. The number of carbonyl (C=O) groups excluding carboxylic acids is 2. The molecule has 0 saturated carbocycles. The Labute approximate surface area is 188 Å². The molecule has 0 radical (unpaired) electrons. The van der Waals surface area contributed by atoms with Crippen LogP contribution in [-0.4, -0.2) is 53.4 Å². The summed E-state index contributed by atoms with van der Waals surface area (Å²) in [6.45, 7) is -0.00167. The first-order valence-electron chi connectivity index (χ1n) is 10.5. The highest BCUT2D eigenvalue weighted by molar-refractivity contribution is 5.94. The first-order valence-corrected chi connectivity index (χ1v) is 10.5. The number of aliphatic hydroxyl groups is 1. The normalized spacial score (nSPS) is 20.7. The second kappa shape index (κ2) is 11.1. The zero-order valence-electron chi connectivity index (χ0n) is 17.6. The van der Waals surface area contributed by atoms with Gasteiger partial charge < -0.3 is 25.8 Å². The fraction of sp³-hybridized carbons (Fsp3) is 0.409. The van der Waals surface area contributed by atoms with E-state index >= 15 is 0 Å². The summed E-state index contributed by atoms with van der Waals surface area (Å²) >= 11 is 0. The topological polar surface area (TPSA) is 113 Å². The Morgan fingerprint density at radius 3 is 2.55 bits per heavy atom. The third kappa shape index (κ3) is 7.16. The van der Waals surface area contributed by atoms with Crippen molar-refractivity contribution in [3.8, 4) is 0 Å². The van der Waals surface area contributed by atoms with E-state index in [-0.39, 0.29) is 36.9 Å². The molecule has 3 atom stereocenters. The van der Waals surface area contributed by atoms with Crippen LogP contribution in [0, 0.1) is 0 Å². The summed E-state index contributed by atoms with van der Waals surface area (Å²) in [6.07, 6.45) is -0.522. The highest BCUT2D eigenvalue weighted by atomic mass is 19.4. The number of amides is 3. The van der Waals surface area contributed by atoms with Crippen LogP contribution in [0.2, 0.25) is 0 Å². The summed E-state index contributed by atoms with van der Waals surface area (Å²) in [4.78, 5) is 28.2. The van der Waals surface area contributed by atoms with Crippen LogP contribution < -0.4 is 16.0 Å². The Bertz CT molecular complexity index is 925. The molecule has 3 amide bonds. The number of halogens is 3. The lowest BCUT2D eigenvalue weighted by Crippen LogP contribution is -2.51. The van der Waals surface area contributed by atoms with Crippen molar-refractivity contribution in [2.45, 2.75) is 43.7 Å². The van der Waals surface area contributed by atoms with E-state index in [0.717, 1.165) is 12.1 Å². The Morgan fingerprint density at radius 1 is 1.15 bits per heavy atom. The lowest BCUT2D eigenvalue weighted by atomic mass is 9.97. The second-order valence-electron chi connectivity index (χ2n) is 7.62. The maximum absolute atomic E-state index is 12.6. The van der Waals surface area contributed by atoms with Crippen molar-refractivity contribution in [2.24, 2.45) is 0 Å². The number of hydrogen-bond acceptors (Lipinski definition) is 5. The largest absolute Gasteiger partial charge is 0.416 e. The van der Waals surface area contributed by atoms with E-state index in [1.165, 1.54) is 18.3 Å². The number of anilines is 1. The minimum Gasteiger partial charge on any atom is -0.394 e. The summed E-state index contributed by atoms with van der Waals surface area (Å²) in [5.74, 6) is -0.296. The van der Waals surface area contributed by atoms with Gasteiger partial charge in [-0.3, -0.25) is 9.78 Å². The zero-order valence-corrected chi connectivity index (χ0v) is 17.6. The molecule has 33 heavy (non-hydrogen) atoms. The molecule has 1 aliphatic rings. The fourth-order valence-electron chi connectivity index (χ4n) is 3.52. The van der Waals surface area contributed by atoms with E-state index in [0.29, 0.717) is 24.8 Å². The molecule has 0 unspecified atom stereocenters. The number of benzene rings is 1. The van der Waals surface area contributed by atoms with E-state index in [9.17, 15) is 27.9 Å². The third-order valence-electron chi connectivity index (χ3n) is 5.26. The van der Waals surface area contributed by atoms with Crippen LogP contribution in [0.25, 0.3) is 0 Å². The Balaban J connectivity index is 1.40. The molecule has 1 aromatic carbocycles. The lowest BCUT2D eigenvalue weighted by Gasteiger charge is -2.36. The molecule has 11 heteroatoms. The minimum absolute atomic E-state index is 0.222. The van der Waals surface area contributed by atoms with Crippen LogP contribution in [0.4, 0.5) is 23.7 Å². The van der Waals surface area contributed by atoms with Gasteiger partial charge in [-0.1, -0.05) is 0 Å². The van der Waals surface area contributed by atoms with E-state index in [1.807, 2.05) is 0 Å². The van der Waals surface area contributed by atoms with Crippen LogP contribution in [0.3, 0.4) is 0 Å². The van der Waals surface area contributed by atoms with Crippen molar-refractivity contribution in [3.05, 3.63) is 59.9 Å². The van der Waals surface area contributed by atoms with Gasteiger partial charge in [-0.05, 0) is 55.7 Å². The molecule has 1 aromatic heterocycles. The van der Waals surface area contributed by atoms with E-state index in [4.69, 9.17) is 4.74 Å². The van der Waals surface area contributed by atoms with Crippen LogP contribution in [-0.2, 0) is 10.9 Å². The minimum atomic E-state index is -4.44. The average Bonchev–Trinajstić information content (AvgIpc) is 2.80. The predicted octanol–water partition coefficient (Wildman–Crippen LogP) is 2.95. The number of aromatic nitrogens is 1. The highest BCUT2D eigenvalue weighted by Gasteiger charge is 2.32. The third-order valence-corrected chi connectivity index (χ3v) is 5.26. The maximum atomic E-state index is 12.6. The molecule has 0 aliphatic carbocycles. The van der Waals surface area contributed by atoms with Crippen molar-refractivity contribution in [3.63, 3.8) is 0 Å². The quantitative estimate of drug-likeness (QED) is 0.501. The van der Waals surface area contributed by atoms with E-state index in [1.54, 1.807) is 18.3 Å². The van der Waals surface area contributed by atoms with Gasteiger partial charge in [0.1, 0.15) is 6.10 Å². The van der Waals surface area contributed by atoms with Crippen LogP contribution in [0.5, 0.6) is 0 Å². The van der Waals surface area contributed by atoms with Crippen molar-refractivity contribution in [2.75, 3.05) is 18.5 Å². The molecule has 1 aliphatic heterocycles. The fourth-order valence-corrected chi connectivity index (χ4v) is 3.52. The number of nitrogens with one attached hydrogen (secondary N) is 3. The number of ether oxygens (including phenoxy) is 1. The van der Waals surface area contributed by atoms with Crippen LogP contribution in [0.15, 0.2) is 48.8 Å². The number of pyridine rings is 1. The van der Waals surface area contributed by atoms with Gasteiger partial charge in [0.15, 0.2) is 0 Å². The van der Waals surface area contributed by atoms with Gasteiger partial charge in [-0.2, -0.15) is 13.2 Å². The summed E-state index contributed by atoms with van der Waals surface area (Å²) < 4.78 is 43.6. The molecule has 0 bridgehead atoms. The van der Waals surface area contributed by atoms with E-state index in [2.05, 4.69) is 20.9 Å². The van der Waals surface area contributed by atoms with Crippen molar-refractivity contribution in [1.29, 1.82) is 0 Å². The van der Waals surface area contributed by atoms with Gasteiger partial charge in [0.2, 0.25) is 0 Å². The Morgan fingerprint density at radius 2 is 1.91 bits per heavy atom. The van der Waals surface area contributed by atoms with Crippen LogP contribution in [0.1, 0.15) is 35.2 Å². The molecule has 1 saturated heterocycles. The molecular formula is C22H25F3N4O4. The van der Waals surface area contributed by atoms with Gasteiger partial charge in [0.05, 0.1) is 29.9 Å². The van der Waals surface area contributed by atoms with Gasteiger partial charge in [-0.25, -0.2) is 4.79 Å². The summed E-state index contributed by atoms with van der Waals surface area (Å²) in [5, 5.41) is 17.6. The standard InChI is InChI=1S/C22H25F3N4O4/c23-22(24,25)15-3-5-16(6-4-15)28-21(32)27-11-9-17-7-8-18(19(13-30)33-17)29-20(31)14-2-1-10-26-12-14/h1-6,10,12,17-19,30H,7-9,11,13H2,(H,29,31)(H2,27,28,32)/t17-,18+,19-/m1/s1. The van der Waals surface area contributed by atoms with Gasteiger partial charge in [-0.15, -0.1) is 0 Å². The van der Waals surface area contributed by atoms with Gasteiger partial charge in [0.25, 0.3) is 5.91 Å². The number of aliphatic hydroxyl groups excluding tert-OH is 1. The number of rotatable bonds is 7. The molecular weight excluding hydrogens is 441 g/mol. The van der Waals surface area contributed by atoms with Crippen molar-refractivity contribution < 1.29 is 32.6 Å². The highest BCUT2D eigenvalue weighted by Crippen LogP contribution is 2.29. The molecule has 178 valence electrons. The number of alkyl halides is 3. The Kier molecular flexibility index (Phi) is 8.23. The first kappa shape index (κ1) is 24.5. The molecule has 4 N–H and O–H groups in total. The molecule has 2 heterocycles. The number of hydrogen-bond donors (Lipinski definition) is 4. The molecule has 8 nitrogen and oxygen atoms in total. The van der Waals surface area contributed by atoms with Crippen LogP contribution >= 0.6 is 0 Å². The number of urea groups is 1. The summed E-state index contributed by atoms with van der Waals surface area (Å²) in [5.41, 5.74) is -0.141. The monoisotopic (exact) mass is 466 g/mol. The Hall–Kier alpha value is -3.18. The van der Waals surface area contributed by atoms with E-state index < -0.39 is 23.9 Å². The first-order chi connectivity index (χ1) is 15.8. The molecule has 1 fully saturated rings. The van der Waals surface area contributed by atoms with Crippen molar-refractivity contribution in [1.82, 2.24) is 15.6 Å². The molecule has 0 spiro atoms. The smallest absolute Gasteiger partial charge is 0.394 e. The maximum Gasteiger partial charge on any atom is 0.416 e. The molecule has 3 rings (SSSR count). The zero-order chi connectivity index (χ0) is 23.8. The van der Waals surface area contributed by atoms with Crippen molar-refractivity contribution >= 4 is 17.6 Å². The summed E-state index contributed by atoms with van der Waals surface area (Å²) in [7, 11) is 0. The second-order valence-corrected chi connectivity index (χ2v) is 7.62.